The summed E-state index contributed by atoms with van der Waals surface area (Å²) < 4.78 is 4.70. The monoisotopic (exact) mass is 450 g/mol. The van der Waals surface area contributed by atoms with Crippen molar-refractivity contribution in [1.82, 2.24) is 0 Å². The van der Waals surface area contributed by atoms with Crippen LogP contribution in [-0.2, 0) is 67.0 Å². The molecule has 95 valence electrons. The van der Waals surface area contributed by atoms with Crippen molar-refractivity contribution in [1.29, 1.82) is 0 Å². The van der Waals surface area contributed by atoms with Crippen LogP contribution in [0.4, 0.5) is 0 Å². The normalized spacial score (nSPS) is 8.94. The molecular weight excluding hydrogens is 451 g/mol. The second-order valence-corrected chi connectivity index (χ2v) is 11.2. The van der Waals surface area contributed by atoms with E-state index in [0.717, 1.165) is 23.1 Å². The number of hydrogen-bond acceptors (Lipinski definition) is 10. The molecule has 0 nitrogen and oxygen atoms in total. The van der Waals surface area contributed by atoms with Crippen molar-refractivity contribution < 1.29 is 16.5 Å². The van der Waals surface area contributed by atoms with Crippen LogP contribution in [0.25, 0.3) is 0 Å². The minimum Gasteiger partial charge on any atom is -0.429 e. The van der Waals surface area contributed by atoms with Crippen LogP contribution in [0.15, 0.2) is 16.8 Å². The summed E-state index contributed by atoms with van der Waals surface area (Å²) in [5.74, 6) is 0. The van der Waals surface area contributed by atoms with E-state index in [1.54, 1.807) is 0 Å². The maximum absolute atomic E-state index is 4.83. The first-order valence-electron chi connectivity index (χ1n) is 3.36. The summed E-state index contributed by atoms with van der Waals surface area (Å²) >= 11 is 34.6. The molecule has 0 saturated carbocycles. The molecule has 0 atom stereocenters. The molecule has 0 amide bonds. The number of hydrogen-bond donors (Lipinski definition) is 0. The van der Waals surface area contributed by atoms with Crippen molar-refractivity contribution in [3.8, 4) is 0 Å². The average molecular weight is 451 g/mol. The fourth-order valence-electron chi connectivity index (χ4n) is 0.511. The Kier molecular flexibility index (Phi) is 9.97. The molecule has 2 aromatic heterocycles. The standard InChI is InChI=1S/2C3H2S5.Ni/c2*4-1-2(5)8-3(6)7-1;/h2*4-5H;/q;;+3/p-4. The third-order valence-corrected chi connectivity index (χ3v) is 8.11. The molecule has 0 aromatic carbocycles. The van der Waals surface area contributed by atoms with Gasteiger partial charge in [0.1, 0.15) is 0 Å². The van der Waals surface area contributed by atoms with E-state index >= 15 is 0 Å². The second-order valence-electron chi connectivity index (χ2n) is 2.06. The van der Waals surface area contributed by atoms with E-state index in [9.17, 15) is 0 Å². The van der Waals surface area contributed by atoms with Crippen LogP contribution in [0.1, 0.15) is 0 Å². The maximum atomic E-state index is 4.83. The Morgan fingerprint density at radius 3 is 0.824 bits per heavy atom. The third kappa shape index (κ3) is 6.76. The molecule has 0 aliphatic carbocycles. The summed E-state index contributed by atoms with van der Waals surface area (Å²) in [7, 11) is 0. The van der Waals surface area contributed by atoms with Gasteiger partial charge in [-0.3, -0.25) is 0 Å². The first kappa shape index (κ1) is 18.9. The van der Waals surface area contributed by atoms with E-state index < -0.39 is 0 Å². The largest absolute Gasteiger partial charge is 3.00 e. The molecular formula is C6NiS10-. The van der Waals surface area contributed by atoms with E-state index in [1.165, 1.54) is 45.3 Å². The molecule has 17 heavy (non-hydrogen) atoms. The minimum absolute atomic E-state index is 0. The summed E-state index contributed by atoms with van der Waals surface area (Å²) in [6.45, 7) is 0. The Hall–Kier alpha value is 1.91. The molecule has 2 heterocycles. The van der Waals surface area contributed by atoms with E-state index in [0.29, 0.717) is 0 Å². The van der Waals surface area contributed by atoms with Gasteiger partial charge in [-0.25, -0.2) is 0 Å². The molecule has 0 aliphatic rings. The van der Waals surface area contributed by atoms with Crippen LogP contribution >= 0.6 is 69.8 Å². The Balaban J connectivity index is 0.000000284. The molecule has 0 N–H and O–H groups in total. The summed E-state index contributed by atoms with van der Waals surface area (Å²) in [5.41, 5.74) is 0. The zero-order valence-electron chi connectivity index (χ0n) is 7.40. The van der Waals surface area contributed by atoms with E-state index in [-0.39, 0.29) is 16.5 Å². The van der Waals surface area contributed by atoms with Crippen LogP contribution in [0, 0.1) is 6.28 Å². The fraction of sp³-hybridized carbons (Fsp3) is 0. The Bertz CT molecular complexity index is 473. The summed E-state index contributed by atoms with van der Waals surface area (Å²) in [6.07, 6.45) is 0. The average Bonchev–Trinajstić information content (AvgIpc) is 2.58. The molecule has 0 fully saturated rings. The van der Waals surface area contributed by atoms with Crippen molar-refractivity contribution in [3.05, 3.63) is 6.28 Å². The predicted molar refractivity (Wildman–Crippen MR) is 88.6 cm³/mol. The van der Waals surface area contributed by atoms with Gasteiger partial charge in [-0.05, 0) is 6.28 Å². The SMILES string of the molecule is S=c1sc([S-])c([S-])s1.S=c1sc([S-])c([S-])s1.[Ni+3]. The van der Waals surface area contributed by atoms with E-state index in [2.05, 4.69) is 0 Å². The molecule has 11 heteroatoms. The van der Waals surface area contributed by atoms with Gasteiger partial charge in [0, 0.05) is 0 Å². The van der Waals surface area contributed by atoms with Crippen LogP contribution in [0.3, 0.4) is 0 Å². The van der Waals surface area contributed by atoms with Crippen molar-refractivity contribution in [2.75, 3.05) is 0 Å². The van der Waals surface area contributed by atoms with Gasteiger partial charge in [-0.2, -0.15) is 0 Å². The molecule has 0 spiro atoms. The van der Waals surface area contributed by atoms with Gasteiger partial charge in [0.2, 0.25) is 0 Å². The predicted octanol–water partition coefficient (Wildman–Crippen LogP) is 4.70. The van der Waals surface area contributed by atoms with Gasteiger partial charge >= 0.3 is 16.5 Å². The molecule has 0 saturated heterocycles. The van der Waals surface area contributed by atoms with E-state index in [1.807, 2.05) is 0 Å². The molecule has 0 aliphatic heterocycles. The fourth-order valence-corrected chi connectivity index (χ4v) is 7.05. The third-order valence-electron chi connectivity index (χ3n) is 1.04. The van der Waals surface area contributed by atoms with Gasteiger partial charge < -0.3 is 95.9 Å². The maximum Gasteiger partial charge on any atom is 3.00 e. The molecule has 0 bridgehead atoms. The van der Waals surface area contributed by atoms with Gasteiger partial charge in [0.15, 0.2) is 0 Å². The summed E-state index contributed by atoms with van der Waals surface area (Å²) in [4.78, 5) is 0. The van der Waals surface area contributed by atoms with Gasteiger partial charge in [0.05, 0.1) is 0 Å². The van der Waals surface area contributed by atoms with Crippen LogP contribution in [0.2, 0.25) is 0 Å². The Morgan fingerprint density at radius 2 is 0.765 bits per heavy atom. The van der Waals surface area contributed by atoms with Gasteiger partial charge in [0.25, 0.3) is 0 Å². The van der Waals surface area contributed by atoms with E-state index in [4.69, 9.17) is 75.0 Å². The summed E-state index contributed by atoms with van der Waals surface area (Å²) in [6, 6.07) is 0. The van der Waals surface area contributed by atoms with Crippen LogP contribution in [0.5, 0.6) is 0 Å². The minimum atomic E-state index is 0. The quantitative estimate of drug-likeness (QED) is 0.321. The van der Waals surface area contributed by atoms with Crippen LogP contribution in [-0.4, -0.2) is 0 Å². The van der Waals surface area contributed by atoms with Crippen molar-refractivity contribution in [2.45, 2.75) is 16.8 Å². The number of rotatable bonds is 0. The first-order valence-corrected chi connectivity index (χ1v) is 9.07. The van der Waals surface area contributed by atoms with Crippen molar-refractivity contribution >= 4 is 120 Å². The Morgan fingerprint density at radius 1 is 0.588 bits per heavy atom. The molecule has 1 radical (unpaired) electrons. The zero-order chi connectivity index (χ0) is 12.3. The Labute approximate surface area is 157 Å². The molecule has 2 rings (SSSR count). The van der Waals surface area contributed by atoms with Crippen LogP contribution < -0.4 is 0 Å². The van der Waals surface area contributed by atoms with Crippen molar-refractivity contribution in [2.24, 2.45) is 0 Å². The molecule has 0 unspecified atom stereocenters. The van der Waals surface area contributed by atoms with Gasteiger partial charge in [-0.15, -0.1) is 41.3 Å². The summed E-state index contributed by atoms with van der Waals surface area (Å²) in [5, 5.41) is 0. The molecule has 2 aromatic rings. The topological polar surface area (TPSA) is 0 Å². The van der Waals surface area contributed by atoms with Crippen molar-refractivity contribution in [3.63, 3.8) is 0 Å². The van der Waals surface area contributed by atoms with Gasteiger partial charge in [-0.1, -0.05) is 0 Å². The smallest absolute Gasteiger partial charge is 0.429 e. The second kappa shape index (κ2) is 8.96. The zero-order valence-corrected chi connectivity index (χ0v) is 16.6. The first-order chi connectivity index (χ1) is 7.40.